The molecule has 3 heterocycles. The molecule has 7 fully saturated rings. The molecule has 262 valence electrons. The Hall–Kier alpha value is -1.03. The van der Waals surface area contributed by atoms with Crippen molar-refractivity contribution in [2.24, 2.45) is 0 Å². The van der Waals surface area contributed by atoms with Gasteiger partial charge < -0.3 is 33.2 Å². The van der Waals surface area contributed by atoms with E-state index >= 15 is 0 Å². The van der Waals surface area contributed by atoms with Crippen molar-refractivity contribution in [1.29, 1.82) is 0 Å². The molecule has 0 amide bonds. The third-order valence-electron chi connectivity index (χ3n) is 11.2. The van der Waals surface area contributed by atoms with E-state index in [1.807, 2.05) is 0 Å². The SMILES string of the molecule is C=C(C)C(=O)OC12CC3(OCCCCCCC4CO4)CC(OCCCCCCC4CO4)(CC(OCCCCCCC4CO4)(C3)C1)C2. The van der Waals surface area contributed by atoms with Gasteiger partial charge in [-0.1, -0.05) is 64.4 Å². The van der Waals surface area contributed by atoms with Crippen LogP contribution in [0.2, 0.25) is 0 Å². The lowest BCUT2D eigenvalue weighted by Gasteiger charge is -2.68. The van der Waals surface area contributed by atoms with Crippen LogP contribution in [0, 0.1) is 0 Å². The van der Waals surface area contributed by atoms with E-state index in [1.54, 1.807) is 6.92 Å². The first-order valence-electron chi connectivity index (χ1n) is 19.0. The van der Waals surface area contributed by atoms with Crippen LogP contribution in [0.5, 0.6) is 0 Å². The maximum Gasteiger partial charge on any atom is 0.333 e. The van der Waals surface area contributed by atoms with Crippen molar-refractivity contribution in [3.05, 3.63) is 12.2 Å². The van der Waals surface area contributed by atoms with Crippen molar-refractivity contribution < 1.29 is 38.0 Å². The van der Waals surface area contributed by atoms with E-state index in [-0.39, 0.29) is 5.97 Å². The van der Waals surface area contributed by atoms with Crippen molar-refractivity contribution in [1.82, 2.24) is 0 Å². The number of hydrogen-bond donors (Lipinski definition) is 0. The predicted octanol–water partition coefficient (Wildman–Crippen LogP) is 7.54. The highest BCUT2D eigenvalue weighted by molar-refractivity contribution is 5.87. The van der Waals surface area contributed by atoms with Gasteiger partial charge in [-0.15, -0.1) is 0 Å². The molecule has 46 heavy (non-hydrogen) atoms. The molecule has 3 unspecified atom stereocenters. The zero-order chi connectivity index (χ0) is 31.9. The summed E-state index contributed by atoms with van der Waals surface area (Å²) in [7, 11) is 0. The number of epoxide rings is 3. The minimum absolute atomic E-state index is 0.304. The topological polar surface area (TPSA) is 91.6 Å². The third kappa shape index (κ3) is 10.2. The Kier molecular flexibility index (Phi) is 11.9. The summed E-state index contributed by atoms with van der Waals surface area (Å²) in [6.45, 7) is 10.7. The quantitative estimate of drug-likeness (QED) is 0.0412. The van der Waals surface area contributed by atoms with E-state index in [2.05, 4.69) is 6.58 Å². The summed E-state index contributed by atoms with van der Waals surface area (Å²) in [6.07, 6.45) is 23.8. The summed E-state index contributed by atoms with van der Waals surface area (Å²) >= 11 is 0. The molecule has 0 aromatic carbocycles. The molecule has 3 atom stereocenters. The van der Waals surface area contributed by atoms with E-state index < -0.39 is 22.4 Å². The summed E-state index contributed by atoms with van der Waals surface area (Å²) in [5.41, 5.74) is -1.41. The summed E-state index contributed by atoms with van der Waals surface area (Å²) in [5.74, 6) is -0.304. The first-order valence-corrected chi connectivity index (χ1v) is 19.0. The van der Waals surface area contributed by atoms with Gasteiger partial charge in [0.2, 0.25) is 0 Å². The van der Waals surface area contributed by atoms with Crippen molar-refractivity contribution in [3.63, 3.8) is 0 Å². The van der Waals surface area contributed by atoms with Gasteiger partial charge in [0.25, 0.3) is 0 Å². The second kappa shape index (κ2) is 15.7. The molecule has 7 aliphatic rings. The maximum absolute atomic E-state index is 13.1. The van der Waals surface area contributed by atoms with Gasteiger partial charge in [-0.3, -0.25) is 0 Å². The highest BCUT2D eigenvalue weighted by Gasteiger charge is 2.71. The van der Waals surface area contributed by atoms with Crippen LogP contribution in [-0.2, 0) is 38.0 Å². The molecule has 4 saturated carbocycles. The third-order valence-corrected chi connectivity index (χ3v) is 11.2. The summed E-state index contributed by atoms with van der Waals surface area (Å²) in [6, 6.07) is 0. The largest absolute Gasteiger partial charge is 0.455 e. The number of carbonyl (C=O) groups excluding carboxylic acids is 1. The fourth-order valence-corrected chi connectivity index (χ4v) is 9.18. The molecule has 8 nitrogen and oxygen atoms in total. The normalized spacial score (nSPS) is 36.6. The van der Waals surface area contributed by atoms with E-state index in [4.69, 9.17) is 33.2 Å². The summed E-state index contributed by atoms with van der Waals surface area (Å²) < 4.78 is 43.4. The number of carbonyl (C=O) groups is 1. The average Bonchev–Trinajstić information content (AvgIpc) is 3.83. The first-order chi connectivity index (χ1) is 22.3. The molecule has 0 radical (unpaired) electrons. The number of hydrogen-bond acceptors (Lipinski definition) is 8. The van der Waals surface area contributed by atoms with Crippen LogP contribution >= 0.6 is 0 Å². The number of ether oxygens (including phenoxy) is 7. The van der Waals surface area contributed by atoms with Gasteiger partial charge in [-0.2, -0.15) is 0 Å². The second-order valence-corrected chi connectivity index (χ2v) is 16.0. The summed E-state index contributed by atoms with van der Waals surface area (Å²) in [5, 5.41) is 0. The van der Waals surface area contributed by atoms with E-state index in [0.29, 0.717) is 23.9 Å². The van der Waals surface area contributed by atoms with Gasteiger partial charge >= 0.3 is 5.97 Å². The molecule has 4 bridgehead atoms. The van der Waals surface area contributed by atoms with Crippen molar-refractivity contribution in [2.75, 3.05) is 39.6 Å². The Bertz CT molecular complexity index is 890. The van der Waals surface area contributed by atoms with Crippen molar-refractivity contribution >= 4 is 5.97 Å². The Labute approximate surface area is 277 Å². The molecule has 0 N–H and O–H groups in total. The molecule has 4 aliphatic carbocycles. The van der Waals surface area contributed by atoms with Crippen LogP contribution in [-0.4, -0.2) is 86.3 Å². The molecular weight excluding hydrogens is 584 g/mol. The molecule has 8 heteroatoms. The average molecular weight is 647 g/mol. The molecular formula is C38H62O8. The minimum atomic E-state index is -0.649. The van der Waals surface area contributed by atoms with Gasteiger partial charge in [0, 0.05) is 63.9 Å². The smallest absolute Gasteiger partial charge is 0.333 e. The number of esters is 1. The monoisotopic (exact) mass is 646 g/mol. The van der Waals surface area contributed by atoms with Crippen molar-refractivity contribution in [2.45, 2.75) is 182 Å². The van der Waals surface area contributed by atoms with Crippen LogP contribution in [0.4, 0.5) is 0 Å². The highest BCUT2D eigenvalue weighted by atomic mass is 16.6. The number of rotatable bonds is 26. The van der Waals surface area contributed by atoms with Crippen LogP contribution in [0.1, 0.15) is 142 Å². The van der Waals surface area contributed by atoms with Crippen molar-refractivity contribution in [3.8, 4) is 0 Å². The standard InChI is InChI=1S/C38H62O8/c1-30(2)34(39)46-38-27-35(43-18-12-6-3-9-15-31-21-40-31)24-36(28-38,44-19-13-7-4-10-16-32-22-41-32)26-37(25-35,29-38)45-20-14-8-5-11-17-33-23-42-33/h31-33H,1,3-29H2,2H3. The van der Waals surface area contributed by atoms with Gasteiger partial charge in [-0.25, -0.2) is 4.79 Å². The maximum atomic E-state index is 13.1. The second-order valence-electron chi connectivity index (χ2n) is 16.0. The van der Waals surface area contributed by atoms with Crippen LogP contribution in [0.25, 0.3) is 0 Å². The van der Waals surface area contributed by atoms with Crippen LogP contribution in [0.3, 0.4) is 0 Å². The van der Waals surface area contributed by atoms with E-state index in [1.165, 1.54) is 77.0 Å². The summed E-state index contributed by atoms with van der Waals surface area (Å²) in [4.78, 5) is 13.1. The Morgan fingerprint density at radius 1 is 0.543 bits per heavy atom. The molecule has 0 aromatic heterocycles. The fraction of sp³-hybridized carbons (Fsp3) is 0.921. The molecule has 7 rings (SSSR count). The van der Waals surface area contributed by atoms with E-state index in [9.17, 15) is 4.79 Å². The Balaban J connectivity index is 1.08. The number of unbranched alkanes of at least 4 members (excludes halogenated alkanes) is 9. The van der Waals surface area contributed by atoms with Gasteiger partial charge in [-0.05, 0) is 45.4 Å². The predicted molar refractivity (Wildman–Crippen MR) is 176 cm³/mol. The minimum Gasteiger partial charge on any atom is -0.455 e. The molecule has 0 aromatic rings. The van der Waals surface area contributed by atoms with Gasteiger partial charge in [0.1, 0.15) is 5.60 Å². The molecule has 3 aliphatic heterocycles. The molecule has 0 spiro atoms. The lowest BCUT2D eigenvalue weighted by Crippen LogP contribution is -2.74. The highest BCUT2D eigenvalue weighted by Crippen LogP contribution is 2.65. The first kappa shape index (κ1) is 34.8. The zero-order valence-corrected chi connectivity index (χ0v) is 28.8. The Morgan fingerprint density at radius 2 is 0.848 bits per heavy atom. The van der Waals surface area contributed by atoms with Crippen LogP contribution < -0.4 is 0 Å². The lowest BCUT2D eigenvalue weighted by atomic mass is 9.48. The molecule has 3 saturated heterocycles. The van der Waals surface area contributed by atoms with Gasteiger partial charge in [0.15, 0.2) is 0 Å². The van der Waals surface area contributed by atoms with E-state index in [0.717, 1.165) is 97.4 Å². The van der Waals surface area contributed by atoms with Crippen LogP contribution in [0.15, 0.2) is 12.2 Å². The lowest BCUT2D eigenvalue weighted by molar-refractivity contribution is -0.327. The fourth-order valence-electron chi connectivity index (χ4n) is 9.18. The zero-order valence-electron chi connectivity index (χ0n) is 28.8. The Morgan fingerprint density at radius 3 is 1.15 bits per heavy atom. The van der Waals surface area contributed by atoms with Gasteiger partial charge in [0.05, 0.1) is 54.9 Å².